The molecular weight excluding hydrogens is 1700 g/mol. The van der Waals surface area contributed by atoms with Crippen LogP contribution in [0.2, 0.25) is 0 Å². The lowest BCUT2D eigenvalue weighted by atomic mass is 9.78. The first kappa shape index (κ1) is 107. The molecule has 130 heavy (non-hydrogen) atoms. The molecule has 5 aliphatic rings. The van der Waals surface area contributed by atoms with Gasteiger partial charge in [-0.15, -0.1) is 0 Å². The van der Waals surface area contributed by atoms with Crippen LogP contribution in [0.4, 0.5) is 10.6 Å². The molecule has 1 aromatic heterocycles. The van der Waals surface area contributed by atoms with E-state index >= 15 is 0 Å². The fourth-order valence-electron chi connectivity index (χ4n) is 17.0. The number of aliphatic hydroxyl groups is 2. The Balaban J connectivity index is 0.649. The molecule has 34 heteroatoms. The number of benzene rings is 2. The van der Waals surface area contributed by atoms with Crippen LogP contribution in [0.15, 0.2) is 107 Å². The van der Waals surface area contributed by atoms with Crippen LogP contribution in [0.25, 0.3) is 11.1 Å². The van der Waals surface area contributed by atoms with Gasteiger partial charge in [0, 0.05) is 115 Å². The summed E-state index contributed by atoms with van der Waals surface area (Å²) in [5.41, 5.74) is 10.6. The number of nitrogens with one attached hydrogen (secondary N) is 2. The third-order valence-corrected chi connectivity index (χ3v) is 26.4. The SMILES string of the molecule is CO[C@H]1C[C@@H]2CC[C@@H](C)[C@@](O)(O2)C(=O)C(=O)N2CCCC[C@H]2C(=O)O[C@H]([C@H](C)C[C@@H]2CC[C@@H](OC(=O)NCCOCCOCCOCCOCCOCCOCCOCCOCCC(=O)NCCS(=O)(=O)c3ccc(C(=O)N4CCOc5ccc(-c6ccc(N)nc6)cc5C4)c(C)c3)[C@H](OC)C2)C[C@@H](OC)[C@H](C)/C=C(\C)[C@@H](O)[C@@H](OC)C(=O)[C@H](C)C[C@H](C)/C=C/C=C/C=C/1C. The van der Waals surface area contributed by atoms with Crippen molar-refractivity contribution in [2.24, 2.45) is 35.5 Å². The van der Waals surface area contributed by atoms with Gasteiger partial charge in [-0.3, -0.25) is 24.0 Å². The number of rotatable bonds is 41. The van der Waals surface area contributed by atoms with Gasteiger partial charge in [-0.1, -0.05) is 77.1 Å². The number of ketones is 2. The standard InChI is InChI=1S/C96H144N6O27S/c1-64-18-14-13-15-19-65(2)82(114-9)60-76-25-21-71(8)96(111,129-76)91(106)93(108)102-34-17-16-20-79(102)94(109)127-84(61-83(115-10)67(4)55-70(7)89(105)90(117-12)88(104)69(6)54-64)68(5)56-72-22-28-81(85(58-72)116-11)128-95(110)99-32-37-119-40-42-121-44-46-123-48-50-125-52-51-124-49-47-122-45-43-120-41-39-118-36-31-87(103)98-33-53-130(112,113)77-26-27-78(66(3)57-77)92(107)101-35-38-126-80-29-23-73(59-75(80)63-101)74-24-30-86(97)100-62-74/h13-15,18-19,23-24,26-27,29-30,55,57,59,62,64,67-69,71-72,76,79,81-85,89-90,105,111H,16-17,20-22,25,28,31-54,56,58,60-61,63H2,1-12H3,(H2,97,100)(H,98,103)(H,99,110)/b15-13+,18-14+,65-19+,70-55+/t64-,67-,68-,69-,71-,72+,76+,79+,81-,82+,83-,84+,85-,89-,90+,96-/m1/s1. The van der Waals surface area contributed by atoms with E-state index in [0.29, 0.717) is 198 Å². The second kappa shape index (κ2) is 56.2. The molecule has 2 saturated heterocycles. The number of sulfone groups is 1. The molecule has 3 aromatic rings. The number of anilines is 1. The minimum atomic E-state index is -3.78. The predicted octanol–water partition coefficient (Wildman–Crippen LogP) is 9.46. The van der Waals surface area contributed by atoms with Crippen LogP contribution in [0.1, 0.15) is 153 Å². The number of aryl methyl sites for hydroxylation is 1. The van der Waals surface area contributed by atoms with Crippen LogP contribution in [0, 0.1) is 42.4 Å². The molecule has 16 atom stereocenters. The molecule has 1 saturated carbocycles. The summed E-state index contributed by atoms with van der Waals surface area (Å²) >= 11 is 0. The average Bonchev–Trinajstić information content (AvgIpc) is 0.867. The summed E-state index contributed by atoms with van der Waals surface area (Å²) in [6, 6.07) is 12.7. The number of esters is 1. The Bertz CT molecular complexity index is 4260. The number of carbonyl (C=O) groups excluding carboxylic acids is 7. The highest BCUT2D eigenvalue weighted by molar-refractivity contribution is 7.91. The zero-order valence-corrected chi connectivity index (χ0v) is 79.0. The molecule has 2 bridgehead atoms. The Morgan fingerprint density at radius 2 is 1.31 bits per heavy atom. The molecule has 33 nitrogen and oxygen atoms in total. The van der Waals surface area contributed by atoms with Gasteiger partial charge in [0.25, 0.3) is 17.6 Å². The van der Waals surface area contributed by atoms with E-state index in [2.05, 4.69) is 15.6 Å². The maximum atomic E-state index is 14.9. The first-order valence-corrected chi connectivity index (χ1v) is 47.6. The van der Waals surface area contributed by atoms with Gasteiger partial charge in [0.2, 0.25) is 11.7 Å². The smallest absolute Gasteiger partial charge is 0.407 e. The Labute approximate surface area is 767 Å². The number of alkyl carbamates (subject to hydrolysis) is 1. The van der Waals surface area contributed by atoms with Crippen LogP contribution in [-0.4, -0.2) is 308 Å². The zero-order chi connectivity index (χ0) is 94.1. The van der Waals surface area contributed by atoms with E-state index in [1.807, 2.05) is 95.3 Å². The number of hydrogen-bond donors (Lipinski definition) is 5. The van der Waals surface area contributed by atoms with Crippen molar-refractivity contribution in [3.63, 3.8) is 0 Å². The number of cyclic esters (lactones) is 1. The third-order valence-electron chi connectivity index (χ3n) is 24.7. The van der Waals surface area contributed by atoms with Crippen LogP contribution in [0.3, 0.4) is 0 Å². The van der Waals surface area contributed by atoms with E-state index in [0.717, 1.165) is 22.3 Å². The number of piperidine rings is 1. The number of aliphatic hydroxyl groups excluding tert-OH is 1. The fraction of sp³-hybridized carbons (Fsp3) is 0.667. The maximum absolute atomic E-state index is 14.9. The quantitative estimate of drug-likeness (QED) is 0.0153. The summed E-state index contributed by atoms with van der Waals surface area (Å²) in [4.78, 5) is 105. The molecule has 8 rings (SSSR count). The molecule has 0 radical (unpaired) electrons. The Hall–Kier alpha value is -8.01. The van der Waals surface area contributed by atoms with Crippen molar-refractivity contribution < 1.29 is 128 Å². The van der Waals surface area contributed by atoms with Crippen molar-refractivity contribution in [1.82, 2.24) is 25.4 Å². The molecule has 2 aromatic carbocycles. The summed E-state index contributed by atoms with van der Waals surface area (Å²) in [7, 11) is 2.34. The largest absolute Gasteiger partial charge is 0.491 e. The molecular formula is C96H144N6O27S. The van der Waals surface area contributed by atoms with Crippen molar-refractivity contribution in [3.8, 4) is 16.9 Å². The summed E-state index contributed by atoms with van der Waals surface area (Å²) < 4.78 is 120. The van der Waals surface area contributed by atoms with E-state index in [9.17, 15) is 52.2 Å². The number of aromatic nitrogens is 1. The van der Waals surface area contributed by atoms with Crippen molar-refractivity contribution in [1.29, 1.82) is 0 Å². The van der Waals surface area contributed by atoms with Gasteiger partial charge >= 0.3 is 12.1 Å². The van der Waals surface area contributed by atoms with Gasteiger partial charge < -0.3 is 112 Å². The number of carbonyl (C=O) groups is 7. The molecule has 4 amide bonds. The lowest BCUT2D eigenvalue weighted by Gasteiger charge is -2.43. The maximum Gasteiger partial charge on any atom is 0.407 e. The summed E-state index contributed by atoms with van der Waals surface area (Å²) in [6.07, 6.45) is 12.1. The van der Waals surface area contributed by atoms with Crippen molar-refractivity contribution in [3.05, 3.63) is 119 Å². The van der Waals surface area contributed by atoms with Gasteiger partial charge in [0.15, 0.2) is 15.6 Å². The first-order chi connectivity index (χ1) is 62.5. The average molecular weight is 1850 g/mol. The van der Waals surface area contributed by atoms with Gasteiger partial charge in [-0.2, -0.15) is 0 Å². The van der Waals surface area contributed by atoms with Gasteiger partial charge in [-0.25, -0.2) is 23.0 Å². The first-order valence-electron chi connectivity index (χ1n) is 45.9. The van der Waals surface area contributed by atoms with E-state index < -0.39 is 112 Å². The number of amides is 4. The Kier molecular flexibility index (Phi) is 46.4. The molecule has 6 N–H and O–H groups in total. The van der Waals surface area contributed by atoms with Crippen LogP contribution in [-0.2, 0) is 111 Å². The summed E-state index contributed by atoms with van der Waals surface area (Å²) in [6.45, 7) is 21.1. The van der Waals surface area contributed by atoms with Crippen LogP contribution >= 0.6 is 0 Å². The van der Waals surface area contributed by atoms with Gasteiger partial charge in [-0.05, 0) is 167 Å². The van der Waals surface area contributed by atoms with E-state index in [-0.39, 0.29) is 105 Å². The molecule has 0 spiro atoms. The molecule has 4 aliphatic heterocycles. The van der Waals surface area contributed by atoms with Crippen molar-refractivity contribution in [2.45, 2.75) is 211 Å². The summed E-state index contributed by atoms with van der Waals surface area (Å²) in [5, 5.41) is 29.4. The minimum Gasteiger partial charge on any atom is -0.491 e. The number of fused-ring (bicyclic) bond motifs is 4. The third kappa shape index (κ3) is 34.2. The molecule has 3 fully saturated rings. The van der Waals surface area contributed by atoms with Crippen LogP contribution in [0.5, 0.6) is 5.75 Å². The minimum absolute atomic E-state index is 0.00468. The molecule has 1 aliphatic carbocycles. The molecule has 0 unspecified atom stereocenters. The second-order valence-electron chi connectivity index (χ2n) is 34.5. The van der Waals surface area contributed by atoms with E-state index in [1.54, 1.807) is 59.3 Å². The van der Waals surface area contributed by atoms with E-state index in [1.165, 1.54) is 30.2 Å². The number of allylic oxidation sites excluding steroid dienone is 5. The highest BCUT2D eigenvalue weighted by Crippen LogP contribution is 2.40. The Morgan fingerprint density at radius 1 is 0.662 bits per heavy atom. The Morgan fingerprint density at radius 3 is 1.93 bits per heavy atom. The summed E-state index contributed by atoms with van der Waals surface area (Å²) in [5.74, 6) is -7.22. The number of methoxy groups -OCH3 is 4. The van der Waals surface area contributed by atoms with Gasteiger partial charge in [0.05, 0.1) is 147 Å². The molecule has 726 valence electrons. The van der Waals surface area contributed by atoms with Crippen molar-refractivity contribution in [2.75, 3.05) is 178 Å². The van der Waals surface area contributed by atoms with Crippen molar-refractivity contribution >= 4 is 57.0 Å². The highest BCUT2D eigenvalue weighted by atomic mass is 32.2. The van der Waals surface area contributed by atoms with Gasteiger partial charge in [0.1, 0.15) is 48.6 Å². The number of Topliss-reactive ketones (excluding diaryl/α,β-unsaturated/α-hetero) is 2. The number of pyridine rings is 1. The number of nitrogens with two attached hydrogens (primary N) is 1. The topological polar surface area (TPSA) is 411 Å². The normalized spacial score (nSPS) is 27.2. The number of hydrogen-bond acceptors (Lipinski definition) is 29. The zero-order valence-electron chi connectivity index (χ0n) is 78.2. The fourth-order valence-corrected chi connectivity index (χ4v) is 18.2. The number of nitrogen functional groups attached to an aromatic ring is 1. The van der Waals surface area contributed by atoms with E-state index in [4.69, 9.17) is 81.5 Å². The highest BCUT2D eigenvalue weighted by Gasteiger charge is 2.53. The predicted molar refractivity (Wildman–Crippen MR) is 485 cm³/mol. The lowest BCUT2D eigenvalue weighted by Crippen LogP contribution is -2.61. The second-order valence-corrected chi connectivity index (χ2v) is 36.6. The number of nitrogens with zero attached hydrogens (tertiary/aromatic N) is 3. The van der Waals surface area contributed by atoms with Crippen LogP contribution < -0.4 is 21.1 Å². The molecule has 5 heterocycles. The lowest BCUT2D eigenvalue weighted by molar-refractivity contribution is -0.265. The monoisotopic (exact) mass is 1840 g/mol. The number of ether oxygens (including phenoxy) is 16.